The van der Waals surface area contributed by atoms with Crippen LogP contribution in [0.1, 0.15) is 35.2 Å². The van der Waals surface area contributed by atoms with Crippen LogP contribution in [0.4, 0.5) is 5.69 Å². The molecule has 1 saturated heterocycles. The van der Waals surface area contributed by atoms with Gasteiger partial charge in [0.2, 0.25) is 0 Å². The molecular weight excluding hydrogens is 272 g/mol. The molecule has 1 amide bonds. The molecule has 0 aliphatic carbocycles. The van der Waals surface area contributed by atoms with Crippen LogP contribution in [-0.4, -0.2) is 40.5 Å². The van der Waals surface area contributed by atoms with Gasteiger partial charge in [-0.05, 0) is 37.7 Å². The standard InChI is InChI=1S/C15H20N2O4/c1-11-4-2-6-13(17(20)21)14(11)15(19)16-8-3-5-12(10-16)7-9-18/h2,4,6,12,18H,3,5,7-10H2,1H3. The fraction of sp³-hybridized carbons (Fsp3) is 0.533. The predicted molar refractivity (Wildman–Crippen MR) is 78.2 cm³/mol. The van der Waals surface area contributed by atoms with Crippen molar-refractivity contribution in [1.82, 2.24) is 4.90 Å². The number of aryl methyl sites for hydroxylation is 1. The molecule has 1 aromatic rings. The van der Waals surface area contributed by atoms with Gasteiger partial charge >= 0.3 is 0 Å². The molecule has 1 unspecified atom stereocenters. The normalized spacial score (nSPS) is 18.6. The zero-order valence-corrected chi connectivity index (χ0v) is 12.1. The molecule has 1 atom stereocenters. The molecule has 2 rings (SSSR count). The van der Waals surface area contributed by atoms with Gasteiger partial charge in [-0.2, -0.15) is 0 Å². The molecule has 1 heterocycles. The summed E-state index contributed by atoms with van der Waals surface area (Å²) in [5, 5.41) is 20.2. The van der Waals surface area contributed by atoms with Gasteiger partial charge in [-0.3, -0.25) is 14.9 Å². The largest absolute Gasteiger partial charge is 0.396 e. The molecule has 6 nitrogen and oxygen atoms in total. The second kappa shape index (κ2) is 6.67. The SMILES string of the molecule is Cc1cccc([N+](=O)[O-])c1C(=O)N1CCCC(CCO)C1. The number of aliphatic hydroxyl groups excluding tert-OH is 1. The average molecular weight is 292 g/mol. The van der Waals surface area contributed by atoms with E-state index < -0.39 is 4.92 Å². The Morgan fingerprint density at radius 2 is 2.29 bits per heavy atom. The van der Waals surface area contributed by atoms with Crippen molar-refractivity contribution in [2.75, 3.05) is 19.7 Å². The molecule has 0 bridgehead atoms. The van der Waals surface area contributed by atoms with E-state index in [1.807, 2.05) is 0 Å². The van der Waals surface area contributed by atoms with Crippen molar-refractivity contribution >= 4 is 11.6 Å². The van der Waals surface area contributed by atoms with E-state index in [0.29, 0.717) is 25.1 Å². The van der Waals surface area contributed by atoms with Crippen molar-refractivity contribution in [3.8, 4) is 0 Å². The summed E-state index contributed by atoms with van der Waals surface area (Å²) in [6, 6.07) is 4.68. The summed E-state index contributed by atoms with van der Waals surface area (Å²) in [6.45, 7) is 3.00. The number of likely N-dealkylation sites (tertiary alicyclic amines) is 1. The van der Waals surface area contributed by atoms with Crippen molar-refractivity contribution in [2.45, 2.75) is 26.2 Å². The van der Waals surface area contributed by atoms with Gasteiger partial charge in [0, 0.05) is 25.8 Å². The molecule has 1 aliphatic rings. The molecule has 21 heavy (non-hydrogen) atoms. The van der Waals surface area contributed by atoms with E-state index in [1.54, 1.807) is 24.0 Å². The third-order valence-corrected chi connectivity index (χ3v) is 4.00. The highest BCUT2D eigenvalue weighted by Gasteiger charge is 2.29. The first-order valence-electron chi connectivity index (χ1n) is 7.18. The van der Waals surface area contributed by atoms with Gasteiger partial charge in [-0.25, -0.2) is 0 Å². The monoisotopic (exact) mass is 292 g/mol. The highest BCUT2D eigenvalue weighted by molar-refractivity contribution is 5.99. The minimum atomic E-state index is -0.505. The number of aliphatic hydroxyl groups is 1. The number of hydrogen-bond donors (Lipinski definition) is 1. The minimum absolute atomic E-state index is 0.108. The summed E-state index contributed by atoms with van der Waals surface area (Å²) in [7, 11) is 0. The van der Waals surface area contributed by atoms with E-state index in [4.69, 9.17) is 5.11 Å². The van der Waals surface area contributed by atoms with Gasteiger partial charge in [0.05, 0.1) is 4.92 Å². The Bertz CT molecular complexity index is 542. The first-order valence-corrected chi connectivity index (χ1v) is 7.18. The molecule has 6 heteroatoms. The average Bonchev–Trinajstić information content (AvgIpc) is 2.47. The summed E-state index contributed by atoms with van der Waals surface area (Å²) in [5.74, 6) is -0.00165. The topological polar surface area (TPSA) is 83.7 Å². The predicted octanol–water partition coefficient (Wildman–Crippen LogP) is 2.14. The van der Waals surface area contributed by atoms with Crippen LogP contribution in [0.2, 0.25) is 0 Å². The first kappa shape index (κ1) is 15.4. The van der Waals surface area contributed by atoms with Gasteiger partial charge in [-0.15, -0.1) is 0 Å². The summed E-state index contributed by atoms with van der Waals surface area (Å²) in [4.78, 5) is 25.0. The molecule has 0 aromatic heterocycles. The summed E-state index contributed by atoms with van der Waals surface area (Å²) >= 11 is 0. The number of carbonyl (C=O) groups is 1. The highest BCUT2D eigenvalue weighted by atomic mass is 16.6. The maximum absolute atomic E-state index is 12.7. The number of nitro groups is 1. The van der Waals surface area contributed by atoms with Crippen molar-refractivity contribution in [3.05, 3.63) is 39.4 Å². The van der Waals surface area contributed by atoms with Gasteiger partial charge in [0.25, 0.3) is 11.6 Å². The fourth-order valence-corrected chi connectivity index (χ4v) is 2.91. The molecule has 1 N–H and O–H groups in total. The maximum Gasteiger partial charge on any atom is 0.282 e. The Morgan fingerprint density at radius 1 is 1.52 bits per heavy atom. The lowest BCUT2D eigenvalue weighted by Gasteiger charge is -2.32. The van der Waals surface area contributed by atoms with Crippen LogP contribution in [0.5, 0.6) is 0 Å². The van der Waals surface area contributed by atoms with Crippen molar-refractivity contribution in [1.29, 1.82) is 0 Å². The van der Waals surface area contributed by atoms with Crippen LogP contribution in [0.15, 0.2) is 18.2 Å². The van der Waals surface area contributed by atoms with Crippen LogP contribution < -0.4 is 0 Å². The van der Waals surface area contributed by atoms with Crippen LogP contribution in [0.3, 0.4) is 0 Å². The number of carbonyl (C=O) groups excluding carboxylic acids is 1. The van der Waals surface area contributed by atoms with Gasteiger partial charge in [0.15, 0.2) is 0 Å². The Balaban J connectivity index is 2.25. The van der Waals surface area contributed by atoms with E-state index in [0.717, 1.165) is 12.8 Å². The number of hydrogen-bond acceptors (Lipinski definition) is 4. The van der Waals surface area contributed by atoms with Crippen LogP contribution in [0, 0.1) is 23.0 Å². The summed E-state index contributed by atoms with van der Waals surface area (Å²) < 4.78 is 0. The number of piperidine rings is 1. The third-order valence-electron chi connectivity index (χ3n) is 4.00. The zero-order valence-electron chi connectivity index (χ0n) is 12.1. The lowest BCUT2D eigenvalue weighted by atomic mass is 9.94. The summed E-state index contributed by atoms with van der Waals surface area (Å²) in [6.07, 6.45) is 2.52. The molecule has 0 saturated carbocycles. The van der Waals surface area contributed by atoms with Crippen molar-refractivity contribution in [2.24, 2.45) is 5.92 Å². The smallest absolute Gasteiger partial charge is 0.282 e. The Hall–Kier alpha value is -1.95. The Morgan fingerprint density at radius 3 is 2.95 bits per heavy atom. The molecule has 1 aromatic carbocycles. The van der Waals surface area contributed by atoms with Gasteiger partial charge < -0.3 is 10.0 Å². The quantitative estimate of drug-likeness (QED) is 0.680. The highest BCUT2D eigenvalue weighted by Crippen LogP contribution is 2.26. The lowest BCUT2D eigenvalue weighted by molar-refractivity contribution is -0.385. The van der Waals surface area contributed by atoms with E-state index in [2.05, 4.69) is 0 Å². The minimum Gasteiger partial charge on any atom is -0.396 e. The first-order chi connectivity index (χ1) is 10.0. The van der Waals surface area contributed by atoms with Crippen LogP contribution in [-0.2, 0) is 0 Å². The molecule has 1 aliphatic heterocycles. The zero-order chi connectivity index (χ0) is 15.4. The van der Waals surface area contributed by atoms with Crippen molar-refractivity contribution < 1.29 is 14.8 Å². The number of nitrogens with zero attached hydrogens (tertiary/aromatic N) is 2. The molecule has 0 spiro atoms. The maximum atomic E-state index is 12.7. The van der Waals surface area contributed by atoms with E-state index >= 15 is 0 Å². The second-order valence-corrected chi connectivity index (χ2v) is 5.50. The molecule has 0 radical (unpaired) electrons. The van der Waals surface area contributed by atoms with E-state index in [1.165, 1.54) is 6.07 Å². The van der Waals surface area contributed by atoms with Gasteiger partial charge in [0.1, 0.15) is 5.56 Å². The Labute approximate surface area is 123 Å². The molecule has 114 valence electrons. The van der Waals surface area contributed by atoms with E-state index in [9.17, 15) is 14.9 Å². The molecular formula is C15H20N2O4. The van der Waals surface area contributed by atoms with E-state index in [-0.39, 0.29) is 29.7 Å². The Kier molecular flexibility index (Phi) is 4.90. The number of benzene rings is 1. The summed E-state index contributed by atoms with van der Waals surface area (Å²) in [5.41, 5.74) is 0.676. The second-order valence-electron chi connectivity index (χ2n) is 5.50. The molecule has 1 fully saturated rings. The lowest BCUT2D eigenvalue weighted by Crippen LogP contribution is -2.40. The third kappa shape index (κ3) is 3.39. The number of rotatable bonds is 4. The fourth-order valence-electron chi connectivity index (χ4n) is 2.91. The van der Waals surface area contributed by atoms with Crippen LogP contribution in [0.25, 0.3) is 0 Å². The number of nitro benzene ring substituents is 1. The number of amides is 1. The van der Waals surface area contributed by atoms with Crippen molar-refractivity contribution in [3.63, 3.8) is 0 Å². The van der Waals surface area contributed by atoms with Gasteiger partial charge in [-0.1, -0.05) is 12.1 Å². The van der Waals surface area contributed by atoms with Crippen LogP contribution >= 0.6 is 0 Å².